The van der Waals surface area contributed by atoms with Gasteiger partial charge in [-0.15, -0.1) is 0 Å². The Morgan fingerprint density at radius 2 is 1.65 bits per heavy atom. The molecule has 0 atom stereocenters. The smallest absolute Gasteiger partial charge is 0.511 e. The van der Waals surface area contributed by atoms with Crippen molar-refractivity contribution in [2.24, 2.45) is 0 Å². The first-order chi connectivity index (χ1) is 9.54. The lowest BCUT2D eigenvalue weighted by molar-refractivity contribution is -0.244. The average Bonchev–Trinajstić information content (AvgIpc) is 2.45. The van der Waals surface area contributed by atoms with Gasteiger partial charge in [0.25, 0.3) is 0 Å². The molecule has 0 aromatic heterocycles. The third-order valence-corrected chi connectivity index (χ3v) is 2.52. The predicted molar refractivity (Wildman–Crippen MR) is 63.8 cm³/mol. The number of hydrogen-bond donors (Lipinski definition) is 1. The molecule has 108 valence electrons. The molecule has 0 aliphatic heterocycles. The van der Waals surface area contributed by atoms with Gasteiger partial charge in [-0.05, 0) is 24.3 Å². The van der Waals surface area contributed by atoms with Crippen LogP contribution in [0.3, 0.4) is 0 Å². The van der Waals surface area contributed by atoms with Crippen molar-refractivity contribution in [2.75, 3.05) is 20.3 Å². The van der Waals surface area contributed by atoms with E-state index < -0.39 is 21.1 Å². The third kappa shape index (κ3) is 5.16. The molecule has 20 heavy (non-hydrogen) atoms. The van der Waals surface area contributed by atoms with Gasteiger partial charge in [0.2, 0.25) is 0 Å². The minimum absolute atomic E-state index is 0.175. The van der Waals surface area contributed by atoms with Gasteiger partial charge in [-0.3, -0.25) is 9.35 Å². The summed E-state index contributed by atoms with van der Waals surface area (Å²) < 4.78 is 19.0. The number of methoxy groups -OCH3 is 1. The Balaban J connectivity index is 2.40. The molecule has 9 heteroatoms. The van der Waals surface area contributed by atoms with Crippen molar-refractivity contribution in [3.8, 4) is 0 Å². The summed E-state index contributed by atoms with van der Waals surface area (Å²) in [5.74, 6) is -1.28. The fourth-order valence-electron chi connectivity index (χ4n) is 1.17. The molecule has 1 rings (SSSR count). The van der Waals surface area contributed by atoms with Crippen molar-refractivity contribution >= 4 is 21.1 Å². The topological polar surface area (TPSA) is 108 Å². The zero-order valence-corrected chi connectivity index (χ0v) is 11.5. The molecule has 0 amide bonds. The Hall–Kier alpha value is -2.26. The lowest BCUT2D eigenvalue weighted by Crippen LogP contribution is -2.14. The van der Waals surface area contributed by atoms with Crippen LogP contribution in [0, 0.1) is 0 Å². The van der Waals surface area contributed by atoms with E-state index in [1.165, 1.54) is 31.4 Å². The second-order valence-corrected chi connectivity index (χ2v) is 4.20. The fraction of sp³-hybridized carbons (Fsp3) is 0.273. The van der Waals surface area contributed by atoms with Gasteiger partial charge >= 0.3 is 21.1 Å². The Labute approximate surface area is 115 Å². The van der Waals surface area contributed by atoms with Crippen LogP contribution in [-0.2, 0) is 23.4 Å². The highest BCUT2D eigenvalue weighted by Gasteiger charge is 2.11. The predicted octanol–water partition coefficient (Wildman–Crippen LogP) is -0.0141. The van der Waals surface area contributed by atoms with Crippen molar-refractivity contribution in [3.05, 3.63) is 35.4 Å². The average molecular weight is 300 g/mol. The number of carbonyl (C=O) groups is 2. The first kappa shape index (κ1) is 15.8. The van der Waals surface area contributed by atoms with Gasteiger partial charge in [-0.25, -0.2) is 9.59 Å². The zero-order chi connectivity index (χ0) is 15.0. The highest BCUT2D eigenvalue weighted by Crippen LogP contribution is 2.07. The van der Waals surface area contributed by atoms with E-state index in [1.807, 2.05) is 0 Å². The van der Waals surface area contributed by atoms with Crippen LogP contribution in [0.4, 0.5) is 0 Å². The molecule has 0 aliphatic carbocycles. The minimum Gasteiger partial charge on any atom is -0.511 e. The van der Waals surface area contributed by atoms with E-state index in [0.29, 0.717) is 5.56 Å². The summed E-state index contributed by atoms with van der Waals surface area (Å²) in [5.41, 5.74) is 0.473. The maximum absolute atomic E-state index is 11.5. The first-order valence-electron chi connectivity index (χ1n) is 5.42. The van der Waals surface area contributed by atoms with E-state index >= 15 is 0 Å². The lowest BCUT2D eigenvalue weighted by Gasteiger charge is -2.04. The van der Waals surface area contributed by atoms with Crippen molar-refractivity contribution in [2.45, 2.75) is 0 Å². The van der Waals surface area contributed by atoms with E-state index in [4.69, 9.17) is 4.80 Å². The van der Waals surface area contributed by atoms with Gasteiger partial charge in [0, 0.05) is 0 Å². The molecule has 0 spiro atoms. The molecule has 0 radical (unpaired) electrons. The van der Waals surface area contributed by atoms with Crippen LogP contribution in [0.15, 0.2) is 24.3 Å². The van der Waals surface area contributed by atoms with Crippen molar-refractivity contribution in [3.63, 3.8) is 0 Å². The second-order valence-electron chi connectivity index (χ2n) is 3.38. The molecule has 0 unspecified atom stereocenters. The van der Waals surface area contributed by atoms with Gasteiger partial charge in [0.05, 0.1) is 18.2 Å². The molecular weight excluding hydrogens is 288 g/mol. The lowest BCUT2D eigenvalue weighted by atomic mass is 10.1. The summed E-state index contributed by atoms with van der Waals surface area (Å²) in [6.07, 6.45) is 0. The summed E-state index contributed by atoms with van der Waals surface area (Å²) in [6.45, 7) is -0.355. The molecule has 0 saturated heterocycles. The quantitative estimate of drug-likeness (QED) is 0.246. The summed E-state index contributed by atoms with van der Waals surface area (Å²) >= 11 is 0. The molecule has 0 heterocycles. The Kier molecular flexibility index (Phi) is 6.33. The minimum atomic E-state index is -3.02. The van der Waals surface area contributed by atoms with E-state index in [1.54, 1.807) is 0 Å². The number of hydrogen-bond acceptors (Lipinski definition) is 7. The van der Waals surface area contributed by atoms with Gasteiger partial charge in [0.15, 0.2) is 0 Å². The summed E-state index contributed by atoms with van der Waals surface area (Å²) in [4.78, 5) is 39.9. The van der Waals surface area contributed by atoms with E-state index in [0.717, 1.165) is 0 Å². The number of esters is 1. The largest absolute Gasteiger partial charge is 0.764 e. The van der Waals surface area contributed by atoms with Crippen molar-refractivity contribution in [1.29, 1.82) is 0 Å². The number of carbonyl (C=O) groups excluding carboxylic acids is 2. The molecule has 0 bridgehead atoms. The van der Waals surface area contributed by atoms with Gasteiger partial charge in [-0.1, -0.05) is 0 Å². The van der Waals surface area contributed by atoms with E-state index in [9.17, 15) is 14.1 Å². The van der Waals surface area contributed by atoms with Gasteiger partial charge in [-0.2, -0.15) is 4.89 Å². The molecule has 0 fully saturated rings. The molecule has 8 nitrogen and oxygen atoms in total. The Morgan fingerprint density at radius 3 is 2.15 bits per heavy atom. The Bertz CT molecular complexity index is 484. The van der Waals surface area contributed by atoms with Crippen LogP contribution in [0.1, 0.15) is 20.7 Å². The molecule has 0 aliphatic rings. The van der Waals surface area contributed by atoms with Crippen molar-refractivity contribution < 1.29 is 37.8 Å². The monoisotopic (exact) mass is 300 g/mol. The van der Waals surface area contributed by atoms with Crippen LogP contribution in [-0.4, -0.2) is 46.2 Å². The maximum Gasteiger partial charge on any atom is 0.764 e. The molecule has 1 aromatic carbocycles. The fourth-order valence-corrected chi connectivity index (χ4v) is 1.42. The summed E-state index contributed by atoms with van der Waals surface area (Å²) in [5, 5.41) is 0. The van der Waals surface area contributed by atoms with E-state index in [2.05, 4.69) is 18.9 Å². The van der Waals surface area contributed by atoms with Crippen molar-refractivity contribution in [1.82, 2.24) is 0 Å². The zero-order valence-electron chi connectivity index (χ0n) is 10.5. The molecule has 1 N–H and O–H groups in total. The summed E-state index contributed by atoms with van der Waals surface area (Å²) in [7, 11) is -1.76. The SMILES string of the molecule is COC(=O)c1ccc(C(=O)OOCCO[Si](=O)O)cc1. The Morgan fingerprint density at radius 1 is 1.10 bits per heavy atom. The second kappa shape index (κ2) is 8.02. The van der Waals surface area contributed by atoms with E-state index in [-0.39, 0.29) is 18.8 Å². The van der Waals surface area contributed by atoms with Crippen LogP contribution < -0.4 is 0 Å². The third-order valence-electron chi connectivity index (χ3n) is 2.07. The number of ether oxygens (including phenoxy) is 1. The van der Waals surface area contributed by atoms with Crippen LogP contribution >= 0.6 is 0 Å². The molecule has 1 aromatic rings. The van der Waals surface area contributed by atoms with Gasteiger partial charge in [0.1, 0.15) is 13.2 Å². The standard InChI is InChI=1S/C11H12O8Si/c1-16-10(12)8-2-4-9(5-3-8)11(13)19-17-6-7-18-20(14)15/h2-5,14H,6-7H2,1H3. The normalized spacial score (nSPS) is 9.65. The van der Waals surface area contributed by atoms with Crippen LogP contribution in [0.2, 0.25) is 0 Å². The first-order valence-corrected chi connectivity index (χ1v) is 6.69. The van der Waals surface area contributed by atoms with Gasteiger partial charge < -0.3 is 14.0 Å². The number of rotatable bonds is 7. The van der Waals surface area contributed by atoms with Crippen LogP contribution in [0.25, 0.3) is 0 Å². The van der Waals surface area contributed by atoms with Crippen LogP contribution in [0.5, 0.6) is 0 Å². The maximum atomic E-state index is 11.5. The molecule has 0 saturated carbocycles. The molecular formula is C11H12O8Si. The summed E-state index contributed by atoms with van der Waals surface area (Å²) in [6, 6.07) is 5.56. The highest BCUT2D eigenvalue weighted by atomic mass is 28.3. The highest BCUT2D eigenvalue weighted by molar-refractivity contribution is 6.24. The number of benzene rings is 1.